The van der Waals surface area contributed by atoms with Crippen molar-refractivity contribution in [3.63, 3.8) is 0 Å². The first-order valence-electron chi connectivity index (χ1n) is 11.0. The SMILES string of the molecule is O=C(Nc1ccc(OC(F)F)cc1)c1ccccc1NC(=O)C1CCN(C(=O)c2ccco2)CC1. The lowest BCUT2D eigenvalue weighted by atomic mass is 9.95. The molecule has 10 heteroatoms. The summed E-state index contributed by atoms with van der Waals surface area (Å²) >= 11 is 0. The Bertz CT molecular complexity index is 1170. The van der Waals surface area contributed by atoms with Gasteiger partial charge in [-0.3, -0.25) is 14.4 Å². The number of para-hydroxylation sites is 1. The molecule has 1 aliphatic rings. The van der Waals surface area contributed by atoms with Crippen LogP contribution >= 0.6 is 0 Å². The number of benzene rings is 2. The molecule has 0 atom stereocenters. The fraction of sp³-hybridized carbons (Fsp3) is 0.240. The predicted octanol–water partition coefficient (Wildman–Crippen LogP) is 4.62. The fourth-order valence-corrected chi connectivity index (χ4v) is 3.84. The van der Waals surface area contributed by atoms with Gasteiger partial charge < -0.3 is 24.7 Å². The molecule has 182 valence electrons. The number of carbonyl (C=O) groups excluding carboxylic acids is 3. The van der Waals surface area contributed by atoms with Crippen molar-refractivity contribution in [2.24, 2.45) is 5.92 Å². The number of rotatable bonds is 7. The Kier molecular flexibility index (Phi) is 7.39. The van der Waals surface area contributed by atoms with Crippen LogP contribution in [0.15, 0.2) is 71.3 Å². The molecule has 1 saturated heterocycles. The van der Waals surface area contributed by atoms with Crippen molar-refractivity contribution in [3.8, 4) is 5.75 Å². The van der Waals surface area contributed by atoms with Crippen LogP contribution in [0.1, 0.15) is 33.8 Å². The Morgan fingerprint density at radius 1 is 0.943 bits per heavy atom. The highest BCUT2D eigenvalue weighted by molar-refractivity contribution is 6.10. The van der Waals surface area contributed by atoms with Crippen molar-refractivity contribution in [1.82, 2.24) is 4.90 Å². The molecule has 2 heterocycles. The third kappa shape index (κ3) is 6.03. The quantitative estimate of drug-likeness (QED) is 0.511. The minimum absolute atomic E-state index is 0.0254. The Hall–Kier alpha value is -4.21. The van der Waals surface area contributed by atoms with Crippen molar-refractivity contribution < 1.29 is 32.3 Å². The number of hydrogen-bond acceptors (Lipinski definition) is 5. The van der Waals surface area contributed by atoms with E-state index in [1.54, 1.807) is 41.3 Å². The van der Waals surface area contributed by atoms with Crippen molar-refractivity contribution in [2.75, 3.05) is 23.7 Å². The number of ether oxygens (including phenoxy) is 1. The number of nitrogens with one attached hydrogen (secondary N) is 2. The normalized spacial score (nSPS) is 14.0. The van der Waals surface area contributed by atoms with E-state index in [0.29, 0.717) is 37.3 Å². The maximum absolute atomic E-state index is 12.9. The molecule has 0 saturated carbocycles. The van der Waals surface area contributed by atoms with Gasteiger partial charge in [0, 0.05) is 24.7 Å². The zero-order chi connectivity index (χ0) is 24.8. The van der Waals surface area contributed by atoms with Gasteiger partial charge in [0.15, 0.2) is 5.76 Å². The smallest absolute Gasteiger partial charge is 0.387 e. The molecule has 2 aromatic carbocycles. The Morgan fingerprint density at radius 3 is 2.31 bits per heavy atom. The van der Waals surface area contributed by atoms with E-state index in [2.05, 4.69) is 15.4 Å². The van der Waals surface area contributed by atoms with E-state index < -0.39 is 12.5 Å². The summed E-state index contributed by atoms with van der Waals surface area (Å²) in [5, 5.41) is 5.50. The van der Waals surface area contributed by atoms with Crippen LogP contribution < -0.4 is 15.4 Å². The predicted molar refractivity (Wildman–Crippen MR) is 123 cm³/mol. The van der Waals surface area contributed by atoms with E-state index >= 15 is 0 Å². The van der Waals surface area contributed by atoms with Crippen molar-refractivity contribution >= 4 is 29.1 Å². The van der Waals surface area contributed by atoms with Crippen LogP contribution in [0, 0.1) is 5.92 Å². The van der Waals surface area contributed by atoms with Crippen LogP contribution in [-0.2, 0) is 4.79 Å². The van der Waals surface area contributed by atoms with E-state index in [-0.39, 0.29) is 34.8 Å². The van der Waals surface area contributed by atoms with Gasteiger partial charge in [-0.25, -0.2) is 0 Å². The number of hydrogen-bond donors (Lipinski definition) is 2. The molecular formula is C25H23F2N3O5. The number of likely N-dealkylation sites (tertiary alicyclic amines) is 1. The highest BCUT2D eigenvalue weighted by atomic mass is 19.3. The third-order valence-electron chi connectivity index (χ3n) is 5.65. The van der Waals surface area contributed by atoms with Gasteiger partial charge in [0.2, 0.25) is 5.91 Å². The number of alkyl halides is 2. The van der Waals surface area contributed by atoms with E-state index in [9.17, 15) is 23.2 Å². The first kappa shape index (κ1) is 23.9. The first-order chi connectivity index (χ1) is 16.9. The molecule has 35 heavy (non-hydrogen) atoms. The van der Waals surface area contributed by atoms with Crippen LogP contribution in [0.3, 0.4) is 0 Å². The number of anilines is 2. The number of furan rings is 1. The summed E-state index contributed by atoms with van der Waals surface area (Å²) in [6.45, 7) is -2.09. The van der Waals surface area contributed by atoms with E-state index in [0.717, 1.165) is 0 Å². The lowest BCUT2D eigenvalue weighted by molar-refractivity contribution is -0.121. The molecule has 1 aromatic heterocycles. The standard InChI is InChI=1S/C25H23F2N3O5/c26-25(27)35-18-9-7-17(8-10-18)28-23(32)19-4-1-2-5-20(19)29-22(31)16-11-13-30(14-12-16)24(33)21-6-3-15-34-21/h1-10,15-16,25H,11-14H2,(H,28,32)(H,29,31). The Labute approximate surface area is 199 Å². The second-order valence-corrected chi connectivity index (χ2v) is 7.94. The van der Waals surface area contributed by atoms with E-state index in [1.165, 1.54) is 30.5 Å². The van der Waals surface area contributed by atoms with Crippen LogP contribution in [-0.4, -0.2) is 42.3 Å². The average molecular weight is 483 g/mol. The maximum atomic E-state index is 12.9. The number of nitrogens with zero attached hydrogens (tertiary/aromatic N) is 1. The fourth-order valence-electron chi connectivity index (χ4n) is 3.84. The number of carbonyl (C=O) groups is 3. The summed E-state index contributed by atoms with van der Waals surface area (Å²) in [5.41, 5.74) is 0.979. The second kappa shape index (κ2) is 10.8. The van der Waals surface area contributed by atoms with Gasteiger partial charge >= 0.3 is 6.61 Å². The maximum Gasteiger partial charge on any atom is 0.387 e. The molecule has 0 aliphatic carbocycles. The molecule has 8 nitrogen and oxygen atoms in total. The summed E-state index contributed by atoms with van der Waals surface area (Å²) in [4.78, 5) is 39.8. The average Bonchev–Trinajstić information content (AvgIpc) is 3.40. The third-order valence-corrected chi connectivity index (χ3v) is 5.65. The van der Waals surface area contributed by atoms with Crippen LogP contribution in [0.2, 0.25) is 0 Å². The van der Waals surface area contributed by atoms with E-state index in [4.69, 9.17) is 4.42 Å². The molecule has 0 unspecified atom stereocenters. The molecule has 0 spiro atoms. The summed E-state index contributed by atoms with van der Waals surface area (Å²) in [6, 6.07) is 15.3. The van der Waals surface area contributed by atoms with Crippen LogP contribution in [0.5, 0.6) is 5.75 Å². The first-order valence-corrected chi connectivity index (χ1v) is 11.0. The highest BCUT2D eigenvalue weighted by Crippen LogP contribution is 2.24. The van der Waals surface area contributed by atoms with Gasteiger partial charge in [-0.15, -0.1) is 0 Å². The Morgan fingerprint density at radius 2 is 1.66 bits per heavy atom. The van der Waals surface area contributed by atoms with Crippen molar-refractivity contribution in [2.45, 2.75) is 19.5 Å². The lowest BCUT2D eigenvalue weighted by Gasteiger charge is -2.30. The van der Waals surface area contributed by atoms with Gasteiger partial charge in [0.05, 0.1) is 17.5 Å². The van der Waals surface area contributed by atoms with Gasteiger partial charge in [0.1, 0.15) is 5.75 Å². The van der Waals surface area contributed by atoms with Crippen LogP contribution in [0.25, 0.3) is 0 Å². The number of halogens is 2. The molecule has 3 amide bonds. The molecule has 0 bridgehead atoms. The molecule has 0 radical (unpaired) electrons. The topological polar surface area (TPSA) is 101 Å². The van der Waals surface area contributed by atoms with E-state index in [1.807, 2.05) is 0 Å². The van der Waals surface area contributed by atoms with Gasteiger partial charge in [-0.2, -0.15) is 8.78 Å². The Balaban J connectivity index is 1.35. The van der Waals surface area contributed by atoms with Gasteiger partial charge in [-0.05, 0) is 61.4 Å². The minimum Gasteiger partial charge on any atom is -0.459 e. The zero-order valence-corrected chi connectivity index (χ0v) is 18.6. The lowest BCUT2D eigenvalue weighted by Crippen LogP contribution is -2.41. The molecule has 1 aliphatic heterocycles. The summed E-state index contributed by atoms with van der Waals surface area (Å²) in [5.74, 6) is -0.975. The van der Waals surface area contributed by atoms with Crippen molar-refractivity contribution in [3.05, 3.63) is 78.3 Å². The molecule has 2 N–H and O–H groups in total. The summed E-state index contributed by atoms with van der Waals surface area (Å²) in [6.07, 6.45) is 2.41. The molecule has 1 fully saturated rings. The minimum atomic E-state index is -2.94. The number of piperidine rings is 1. The van der Waals surface area contributed by atoms with Gasteiger partial charge in [-0.1, -0.05) is 12.1 Å². The monoisotopic (exact) mass is 483 g/mol. The summed E-state index contributed by atoms with van der Waals surface area (Å²) in [7, 11) is 0. The molecule has 4 rings (SSSR count). The van der Waals surface area contributed by atoms with Crippen molar-refractivity contribution in [1.29, 1.82) is 0 Å². The van der Waals surface area contributed by atoms with Crippen LogP contribution in [0.4, 0.5) is 20.2 Å². The van der Waals surface area contributed by atoms with Gasteiger partial charge in [0.25, 0.3) is 11.8 Å². The molecular weight excluding hydrogens is 460 g/mol. The largest absolute Gasteiger partial charge is 0.459 e. The zero-order valence-electron chi connectivity index (χ0n) is 18.6. The second-order valence-electron chi connectivity index (χ2n) is 7.94. The number of amides is 3. The highest BCUT2D eigenvalue weighted by Gasteiger charge is 2.29. The molecule has 3 aromatic rings. The summed E-state index contributed by atoms with van der Waals surface area (Å²) < 4.78 is 34.1.